The van der Waals surface area contributed by atoms with Crippen molar-refractivity contribution >= 4 is 6.21 Å². The quantitative estimate of drug-likeness (QED) is 0.479. The Labute approximate surface area is 41.6 Å². The lowest BCUT2D eigenvalue weighted by molar-refractivity contribution is 0.0567. The second kappa shape index (κ2) is 2.04. The number of ether oxygens (including phenoxy) is 1. The first-order chi connectivity index (χ1) is 3.43. The van der Waals surface area contributed by atoms with Gasteiger partial charge in [0, 0.05) is 6.21 Å². The van der Waals surface area contributed by atoms with Crippen molar-refractivity contribution in [1.29, 1.82) is 0 Å². The minimum Gasteiger partial charge on any atom is -0.392 e. The van der Waals surface area contributed by atoms with Gasteiger partial charge in [-0.25, -0.2) is 0 Å². The molecule has 0 bridgehead atoms. The highest BCUT2D eigenvalue weighted by molar-refractivity contribution is 5.60. The summed E-state index contributed by atoms with van der Waals surface area (Å²) in [5.41, 5.74) is 0. The first kappa shape index (κ1) is 4.74. The van der Waals surface area contributed by atoms with Crippen LogP contribution in [0.15, 0.2) is 4.99 Å². The molecule has 0 aliphatic carbocycles. The molecule has 0 fully saturated rings. The van der Waals surface area contributed by atoms with Crippen molar-refractivity contribution in [2.24, 2.45) is 4.99 Å². The third-order valence-corrected chi connectivity index (χ3v) is 0.791. The van der Waals surface area contributed by atoms with Crippen molar-refractivity contribution in [1.82, 2.24) is 0 Å². The Morgan fingerprint density at radius 2 is 2.86 bits per heavy atom. The molecule has 1 rings (SSSR count). The summed E-state index contributed by atoms with van der Waals surface area (Å²) >= 11 is 0. The largest absolute Gasteiger partial charge is 0.392 e. The number of hydrogen-bond donors (Lipinski definition) is 1. The van der Waals surface area contributed by atoms with Gasteiger partial charge in [-0.2, -0.15) is 0 Å². The van der Waals surface area contributed by atoms with Gasteiger partial charge >= 0.3 is 0 Å². The lowest BCUT2D eigenvalue weighted by Crippen LogP contribution is -2.08. The number of aliphatic imine (C=N–C) groups is 1. The van der Waals surface area contributed by atoms with Crippen LogP contribution in [0, 0.1) is 0 Å². The van der Waals surface area contributed by atoms with Crippen molar-refractivity contribution in [3.05, 3.63) is 0 Å². The van der Waals surface area contributed by atoms with E-state index >= 15 is 0 Å². The van der Waals surface area contributed by atoms with Crippen LogP contribution in [0.2, 0.25) is 0 Å². The first-order valence-corrected chi connectivity index (χ1v) is 2.17. The molecular formula is C4H7NO2. The van der Waals surface area contributed by atoms with E-state index in [1.165, 1.54) is 0 Å². The summed E-state index contributed by atoms with van der Waals surface area (Å²) in [5, 5.41) is 8.33. The Morgan fingerprint density at radius 3 is 3.14 bits per heavy atom. The zero-order valence-corrected chi connectivity index (χ0v) is 3.87. The van der Waals surface area contributed by atoms with Crippen molar-refractivity contribution in [2.45, 2.75) is 6.23 Å². The standard InChI is InChI=1S/C4H7NO2/c6-3-4-5-1-2-7-4/h1,4,6H,2-3H2. The van der Waals surface area contributed by atoms with Crippen LogP contribution in [0.4, 0.5) is 0 Å². The van der Waals surface area contributed by atoms with E-state index in [9.17, 15) is 0 Å². The van der Waals surface area contributed by atoms with Gasteiger partial charge in [0.05, 0.1) is 13.2 Å². The molecule has 1 aliphatic rings. The van der Waals surface area contributed by atoms with E-state index in [1.54, 1.807) is 6.21 Å². The van der Waals surface area contributed by atoms with Gasteiger partial charge in [-0.1, -0.05) is 0 Å². The van der Waals surface area contributed by atoms with Gasteiger partial charge in [-0.3, -0.25) is 4.99 Å². The van der Waals surface area contributed by atoms with E-state index in [1.807, 2.05) is 0 Å². The molecule has 1 N–H and O–H groups in total. The zero-order valence-electron chi connectivity index (χ0n) is 3.87. The highest BCUT2D eigenvalue weighted by Gasteiger charge is 2.06. The van der Waals surface area contributed by atoms with Crippen LogP contribution in [0.5, 0.6) is 0 Å². The van der Waals surface area contributed by atoms with Gasteiger partial charge < -0.3 is 9.84 Å². The maximum atomic E-state index is 8.33. The summed E-state index contributed by atoms with van der Waals surface area (Å²) in [5.74, 6) is 0. The molecule has 1 aliphatic heterocycles. The van der Waals surface area contributed by atoms with Crippen LogP contribution in [-0.2, 0) is 4.74 Å². The first-order valence-electron chi connectivity index (χ1n) is 2.17. The number of nitrogens with zero attached hydrogens (tertiary/aromatic N) is 1. The zero-order chi connectivity index (χ0) is 5.11. The van der Waals surface area contributed by atoms with Gasteiger partial charge in [0.25, 0.3) is 0 Å². The molecule has 7 heavy (non-hydrogen) atoms. The maximum absolute atomic E-state index is 8.33. The van der Waals surface area contributed by atoms with Crippen LogP contribution >= 0.6 is 0 Å². The number of aliphatic hydroxyl groups excluding tert-OH is 1. The molecule has 1 heterocycles. The van der Waals surface area contributed by atoms with E-state index in [0.29, 0.717) is 6.61 Å². The Morgan fingerprint density at radius 1 is 2.00 bits per heavy atom. The molecule has 0 aromatic rings. The Kier molecular flexibility index (Phi) is 1.38. The molecule has 0 saturated heterocycles. The number of hydrogen-bond acceptors (Lipinski definition) is 3. The van der Waals surface area contributed by atoms with E-state index in [-0.39, 0.29) is 12.8 Å². The van der Waals surface area contributed by atoms with E-state index < -0.39 is 0 Å². The fourth-order valence-corrected chi connectivity index (χ4v) is 0.458. The van der Waals surface area contributed by atoms with Crippen LogP contribution in [0.25, 0.3) is 0 Å². The van der Waals surface area contributed by atoms with E-state index in [2.05, 4.69) is 4.99 Å². The molecular weight excluding hydrogens is 94.0 g/mol. The maximum Gasteiger partial charge on any atom is 0.171 e. The normalized spacial score (nSPS) is 29.0. The summed E-state index contributed by atoms with van der Waals surface area (Å²) in [6, 6.07) is 0. The minimum atomic E-state index is -0.278. The Hall–Kier alpha value is -0.410. The number of rotatable bonds is 1. The molecule has 3 heteroatoms. The average Bonchev–Trinajstić information content (AvgIpc) is 2.14. The summed E-state index contributed by atoms with van der Waals surface area (Å²) in [7, 11) is 0. The van der Waals surface area contributed by atoms with E-state index in [0.717, 1.165) is 0 Å². The molecule has 0 amide bonds. The Bertz CT molecular complexity index is 81.8. The van der Waals surface area contributed by atoms with Gasteiger partial charge in [0.15, 0.2) is 6.23 Å². The predicted octanol–water partition coefficient (Wildman–Crippen LogP) is -0.594. The molecule has 0 saturated carbocycles. The minimum absolute atomic E-state index is 0.00347. The molecule has 1 atom stereocenters. The lowest BCUT2D eigenvalue weighted by Gasteiger charge is -1.98. The fraction of sp³-hybridized carbons (Fsp3) is 0.750. The molecule has 0 spiro atoms. The summed E-state index contributed by atoms with van der Waals surface area (Å²) in [6.07, 6.45) is 1.38. The highest BCUT2D eigenvalue weighted by atomic mass is 16.5. The van der Waals surface area contributed by atoms with Gasteiger partial charge in [-0.15, -0.1) is 0 Å². The van der Waals surface area contributed by atoms with Crippen LogP contribution in [0.1, 0.15) is 0 Å². The lowest BCUT2D eigenvalue weighted by atomic mass is 10.6. The topological polar surface area (TPSA) is 41.8 Å². The number of aliphatic hydroxyl groups is 1. The van der Waals surface area contributed by atoms with Gasteiger partial charge in [0.1, 0.15) is 0 Å². The average molecular weight is 101 g/mol. The SMILES string of the molecule is OCC1N=CCO1. The van der Waals surface area contributed by atoms with Gasteiger partial charge in [-0.05, 0) is 0 Å². The molecule has 0 aromatic heterocycles. The predicted molar refractivity (Wildman–Crippen MR) is 25.3 cm³/mol. The van der Waals surface area contributed by atoms with Crippen molar-refractivity contribution < 1.29 is 9.84 Å². The van der Waals surface area contributed by atoms with Crippen LogP contribution < -0.4 is 0 Å². The molecule has 40 valence electrons. The molecule has 0 aromatic carbocycles. The summed E-state index contributed by atoms with van der Waals surface area (Å²) in [4.78, 5) is 3.76. The second-order valence-corrected chi connectivity index (χ2v) is 1.30. The summed E-state index contributed by atoms with van der Waals surface area (Å²) in [6.45, 7) is 0.543. The molecule has 1 unspecified atom stereocenters. The van der Waals surface area contributed by atoms with Crippen molar-refractivity contribution in [2.75, 3.05) is 13.2 Å². The smallest absolute Gasteiger partial charge is 0.171 e. The third-order valence-electron chi connectivity index (χ3n) is 0.791. The fourth-order valence-electron chi connectivity index (χ4n) is 0.458. The second-order valence-electron chi connectivity index (χ2n) is 1.30. The summed E-state index contributed by atoms with van der Waals surface area (Å²) < 4.78 is 4.83. The highest BCUT2D eigenvalue weighted by Crippen LogP contribution is 1.95. The van der Waals surface area contributed by atoms with E-state index in [4.69, 9.17) is 9.84 Å². The van der Waals surface area contributed by atoms with Crippen LogP contribution in [-0.4, -0.2) is 30.8 Å². The molecule has 3 nitrogen and oxygen atoms in total. The monoisotopic (exact) mass is 101 g/mol. The third kappa shape index (κ3) is 0.976. The molecule has 0 radical (unpaired) electrons. The van der Waals surface area contributed by atoms with Crippen LogP contribution in [0.3, 0.4) is 0 Å². The van der Waals surface area contributed by atoms with Gasteiger partial charge in [0.2, 0.25) is 0 Å². The van der Waals surface area contributed by atoms with Crippen molar-refractivity contribution in [3.63, 3.8) is 0 Å². The Balaban J connectivity index is 2.28. The van der Waals surface area contributed by atoms with Crippen molar-refractivity contribution in [3.8, 4) is 0 Å².